The molecule has 1 aromatic carbocycles. The number of esters is 1. The number of carbonyl (C=O) groups is 2. The topological polar surface area (TPSA) is 60.3 Å². The number of ether oxygens (including phenoxy) is 1. The van der Waals surface area contributed by atoms with E-state index >= 15 is 0 Å². The van der Waals surface area contributed by atoms with Crippen LogP contribution in [0.4, 0.5) is 5.69 Å². The van der Waals surface area contributed by atoms with Crippen LogP contribution in [0.2, 0.25) is 0 Å². The molecule has 0 bridgehead atoms. The van der Waals surface area contributed by atoms with Gasteiger partial charge in [0.25, 0.3) is 0 Å². The first-order valence-electron chi connectivity index (χ1n) is 13.7. The van der Waals surface area contributed by atoms with Gasteiger partial charge in [0.1, 0.15) is 0 Å². The number of nitrogens with one attached hydrogen (secondary N) is 1. The number of benzene rings is 1. The van der Waals surface area contributed by atoms with Crippen molar-refractivity contribution in [2.75, 3.05) is 18.5 Å². The highest BCUT2D eigenvalue weighted by Crippen LogP contribution is 2.23. The minimum atomic E-state index is -0.163. The Balaban J connectivity index is 2.06. The summed E-state index contributed by atoms with van der Waals surface area (Å²) in [6.07, 6.45) is 10.3. The molecule has 5 heteroatoms. The summed E-state index contributed by atoms with van der Waals surface area (Å²) < 4.78 is 7.15. The number of aryl methyl sites for hydroxylation is 1. The first-order valence-corrected chi connectivity index (χ1v) is 13.7. The van der Waals surface area contributed by atoms with E-state index in [0.29, 0.717) is 30.9 Å². The van der Waals surface area contributed by atoms with E-state index < -0.39 is 0 Å². The molecule has 1 atom stereocenters. The summed E-state index contributed by atoms with van der Waals surface area (Å²) in [6, 6.07) is 9.91. The lowest BCUT2D eigenvalue weighted by Gasteiger charge is -2.17. The van der Waals surface area contributed by atoms with Gasteiger partial charge in [0, 0.05) is 48.2 Å². The zero-order valence-corrected chi connectivity index (χ0v) is 22.6. The number of aromatic nitrogens is 1. The largest absolute Gasteiger partial charge is 0.466 e. The van der Waals surface area contributed by atoms with Gasteiger partial charge in [0.2, 0.25) is 0 Å². The van der Waals surface area contributed by atoms with Crippen molar-refractivity contribution in [1.29, 1.82) is 0 Å². The van der Waals surface area contributed by atoms with E-state index in [1.54, 1.807) is 0 Å². The fourth-order valence-corrected chi connectivity index (χ4v) is 4.71. The average Bonchev–Trinajstić information content (AvgIpc) is 3.18. The van der Waals surface area contributed by atoms with E-state index in [1.165, 1.54) is 38.5 Å². The summed E-state index contributed by atoms with van der Waals surface area (Å²) in [6.45, 7) is 9.76. The molecular formula is C30H46N2O3. The minimum Gasteiger partial charge on any atom is -0.466 e. The number of ketones is 1. The predicted octanol–water partition coefficient (Wildman–Crippen LogP) is 7.11. The van der Waals surface area contributed by atoms with Crippen LogP contribution in [0.5, 0.6) is 0 Å². The molecule has 2 aromatic rings. The Labute approximate surface area is 212 Å². The lowest BCUT2D eigenvalue weighted by molar-refractivity contribution is -0.143. The summed E-state index contributed by atoms with van der Waals surface area (Å²) in [7, 11) is 2.01. The molecule has 0 aliphatic rings. The zero-order valence-electron chi connectivity index (χ0n) is 22.6. The lowest BCUT2D eigenvalue weighted by atomic mass is 9.97. The van der Waals surface area contributed by atoms with Gasteiger partial charge >= 0.3 is 5.97 Å². The van der Waals surface area contributed by atoms with Gasteiger partial charge in [-0.3, -0.25) is 9.59 Å². The summed E-state index contributed by atoms with van der Waals surface area (Å²) >= 11 is 0. The maximum absolute atomic E-state index is 13.5. The summed E-state index contributed by atoms with van der Waals surface area (Å²) in [5.41, 5.74) is 4.60. The summed E-state index contributed by atoms with van der Waals surface area (Å²) in [4.78, 5) is 25.2. The van der Waals surface area contributed by atoms with Crippen LogP contribution in [0.1, 0.15) is 106 Å². The monoisotopic (exact) mass is 482 g/mol. The molecule has 35 heavy (non-hydrogen) atoms. The van der Waals surface area contributed by atoms with Gasteiger partial charge in [0.15, 0.2) is 5.78 Å². The van der Waals surface area contributed by atoms with Gasteiger partial charge in [-0.25, -0.2) is 0 Å². The molecule has 0 saturated carbocycles. The standard InChI is InChI=1S/C30H46N2O3/c1-6-10-11-12-15-23(7-2)22-31-25-17-13-16-24(20-25)30(34)27-21-26(32(5)28(27)8-3)18-14-19-29(33)35-9-4/h13,16-17,20-21,23,31H,6-12,14-15,18-19,22H2,1-5H3. The minimum absolute atomic E-state index is 0.0596. The van der Waals surface area contributed by atoms with Crippen molar-refractivity contribution in [2.45, 2.75) is 91.9 Å². The lowest BCUT2D eigenvalue weighted by Crippen LogP contribution is -2.14. The van der Waals surface area contributed by atoms with Crippen molar-refractivity contribution in [3.63, 3.8) is 0 Å². The van der Waals surface area contributed by atoms with E-state index in [-0.39, 0.29) is 11.8 Å². The van der Waals surface area contributed by atoms with Gasteiger partial charge in [-0.05, 0) is 56.7 Å². The van der Waals surface area contributed by atoms with Gasteiger partial charge in [0.05, 0.1) is 6.61 Å². The zero-order chi connectivity index (χ0) is 25.6. The fourth-order valence-electron chi connectivity index (χ4n) is 4.71. The van der Waals surface area contributed by atoms with Crippen LogP contribution in [0, 0.1) is 5.92 Å². The summed E-state index contributed by atoms with van der Waals surface area (Å²) in [5.74, 6) is 0.554. The molecule has 2 rings (SSSR count). The average molecular weight is 483 g/mol. The fraction of sp³-hybridized carbons (Fsp3) is 0.600. The van der Waals surface area contributed by atoms with Crippen LogP contribution >= 0.6 is 0 Å². The van der Waals surface area contributed by atoms with Crippen LogP contribution in [0.3, 0.4) is 0 Å². The van der Waals surface area contributed by atoms with Crippen LogP contribution in [0.25, 0.3) is 0 Å². The van der Waals surface area contributed by atoms with Crippen molar-refractivity contribution >= 4 is 17.4 Å². The van der Waals surface area contributed by atoms with E-state index in [0.717, 1.165) is 42.0 Å². The second-order valence-corrected chi connectivity index (χ2v) is 9.48. The van der Waals surface area contributed by atoms with Crippen LogP contribution in [-0.2, 0) is 29.4 Å². The number of nitrogens with zero attached hydrogens (tertiary/aromatic N) is 1. The first-order chi connectivity index (χ1) is 16.9. The number of carbonyl (C=O) groups excluding carboxylic acids is 2. The molecule has 5 nitrogen and oxygen atoms in total. The number of unbranched alkanes of at least 4 members (excludes halogenated alkanes) is 3. The van der Waals surface area contributed by atoms with Gasteiger partial charge < -0.3 is 14.6 Å². The van der Waals surface area contributed by atoms with Crippen molar-refractivity contribution in [2.24, 2.45) is 13.0 Å². The Morgan fingerprint density at radius 2 is 1.83 bits per heavy atom. The maximum atomic E-state index is 13.5. The quantitative estimate of drug-likeness (QED) is 0.148. The second kappa shape index (κ2) is 15.4. The smallest absolute Gasteiger partial charge is 0.305 e. The molecular weight excluding hydrogens is 436 g/mol. The van der Waals surface area contributed by atoms with E-state index in [9.17, 15) is 9.59 Å². The first kappa shape index (κ1) is 28.7. The molecule has 194 valence electrons. The third-order valence-electron chi connectivity index (χ3n) is 6.92. The second-order valence-electron chi connectivity index (χ2n) is 9.48. The Kier molecular flexibility index (Phi) is 12.6. The van der Waals surface area contributed by atoms with Crippen molar-refractivity contribution < 1.29 is 14.3 Å². The van der Waals surface area contributed by atoms with Crippen LogP contribution in [-0.4, -0.2) is 29.5 Å². The highest BCUT2D eigenvalue weighted by Gasteiger charge is 2.19. The number of rotatable bonds is 17. The molecule has 0 spiro atoms. The molecule has 0 aliphatic heterocycles. The van der Waals surface area contributed by atoms with E-state index in [4.69, 9.17) is 4.74 Å². The van der Waals surface area contributed by atoms with Crippen molar-refractivity contribution in [3.05, 3.63) is 52.8 Å². The molecule has 0 fully saturated rings. The van der Waals surface area contributed by atoms with Crippen molar-refractivity contribution in [3.8, 4) is 0 Å². The number of anilines is 1. The Morgan fingerprint density at radius 3 is 2.51 bits per heavy atom. The molecule has 0 aliphatic carbocycles. The Morgan fingerprint density at radius 1 is 1.03 bits per heavy atom. The normalized spacial score (nSPS) is 11.9. The van der Waals surface area contributed by atoms with Crippen molar-refractivity contribution in [1.82, 2.24) is 4.57 Å². The van der Waals surface area contributed by atoms with E-state index in [2.05, 4.69) is 30.7 Å². The maximum Gasteiger partial charge on any atom is 0.305 e. The molecule has 0 saturated heterocycles. The number of hydrogen-bond acceptors (Lipinski definition) is 4. The molecule has 1 heterocycles. The predicted molar refractivity (Wildman–Crippen MR) is 145 cm³/mol. The van der Waals surface area contributed by atoms with Crippen LogP contribution < -0.4 is 5.32 Å². The third kappa shape index (κ3) is 8.87. The van der Waals surface area contributed by atoms with Gasteiger partial charge in [-0.1, -0.05) is 65.0 Å². The van der Waals surface area contributed by atoms with Gasteiger partial charge in [-0.2, -0.15) is 0 Å². The molecule has 1 unspecified atom stereocenters. The van der Waals surface area contributed by atoms with Crippen LogP contribution in [0.15, 0.2) is 30.3 Å². The molecule has 0 radical (unpaired) electrons. The molecule has 0 amide bonds. The third-order valence-corrected chi connectivity index (χ3v) is 6.92. The molecule has 1 aromatic heterocycles. The highest BCUT2D eigenvalue weighted by atomic mass is 16.5. The summed E-state index contributed by atoms with van der Waals surface area (Å²) in [5, 5.41) is 3.58. The Hall–Kier alpha value is -2.56. The van der Waals surface area contributed by atoms with E-state index in [1.807, 2.05) is 44.3 Å². The Bertz CT molecular complexity index is 932. The molecule has 1 N–H and O–H groups in total. The highest BCUT2D eigenvalue weighted by molar-refractivity contribution is 6.10. The SMILES string of the molecule is CCCCCCC(CC)CNc1cccc(C(=O)c2cc(CCCC(=O)OCC)n(C)c2CC)c1. The van der Waals surface area contributed by atoms with Gasteiger partial charge in [-0.15, -0.1) is 0 Å². The number of hydrogen-bond donors (Lipinski definition) is 1.